The first kappa shape index (κ1) is 8.37. The van der Waals surface area contributed by atoms with Gasteiger partial charge in [0.05, 0.1) is 10.7 Å². The van der Waals surface area contributed by atoms with Gasteiger partial charge in [-0.05, 0) is 15.9 Å². The Hall–Kier alpha value is -1.23. The molecule has 0 aliphatic rings. The second kappa shape index (κ2) is 2.92. The van der Waals surface area contributed by atoms with Crippen LogP contribution in [0.3, 0.4) is 0 Å². The molecule has 0 aliphatic carbocycles. The number of carbonyl (C=O) groups excluding carboxylic acids is 1. The van der Waals surface area contributed by atoms with Crippen LogP contribution >= 0.6 is 15.9 Å². The van der Waals surface area contributed by atoms with Crippen molar-refractivity contribution < 1.29 is 4.79 Å². The Morgan fingerprint density at radius 1 is 1.46 bits per heavy atom. The van der Waals surface area contributed by atoms with Crippen molar-refractivity contribution in [3.8, 4) is 0 Å². The standard InChI is InChI=1S/C8H6BrN3O/c1-5(13)7-3-11-8-10-2-6(9)4-12(7)8/h2-4H,1H3. The maximum absolute atomic E-state index is 11.1. The smallest absolute Gasteiger partial charge is 0.234 e. The fourth-order valence-electron chi connectivity index (χ4n) is 1.11. The topological polar surface area (TPSA) is 47.3 Å². The highest BCUT2D eigenvalue weighted by Gasteiger charge is 2.07. The van der Waals surface area contributed by atoms with E-state index in [2.05, 4.69) is 25.9 Å². The minimum Gasteiger partial charge on any atom is -0.293 e. The van der Waals surface area contributed by atoms with Gasteiger partial charge in [0.25, 0.3) is 0 Å². The predicted molar refractivity (Wildman–Crippen MR) is 50.7 cm³/mol. The number of fused-ring (bicyclic) bond motifs is 1. The molecule has 0 N–H and O–H groups in total. The van der Waals surface area contributed by atoms with Crippen LogP contribution < -0.4 is 0 Å². The summed E-state index contributed by atoms with van der Waals surface area (Å²) in [4.78, 5) is 19.2. The summed E-state index contributed by atoms with van der Waals surface area (Å²) in [6.45, 7) is 1.50. The van der Waals surface area contributed by atoms with E-state index >= 15 is 0 Å². The van der Waals surface area contributed by atoms with Crippen LogP contribution in [-0.4, -0.2) is 20.2 Å². The van der Waals surface area contributed by atoms with Gasteiger partial charge in [-0.15, -0.1) is 0 Å². The van der Waals surface area contributed by atoms with Crippen LogP contribution in [0.25, 0.3) is 5.78 Å². The number of rotatable bonds is 1. The monoisotopic (exact) mass is 239 g/mol. The van der Waals surface area contributed by atoms with E-state index in [-0.39, 0.29) is 5.78 Å². The zero-order valence-electron chi connectivity index (χ0n) is 6.86. The summed E-state index contributed by atoms with van der Waals surface area (Å²) in [7, 11) is 0. The molecule has 2 aromatic rings. The number of hydrogen-bond donors (Lipinski definition) is 0. The maximum Gasteiger partial charge on any atom is 0.234 e. The molecule has 0 amide bonds. The molecule has 2 heterocycles. The van der Waals surface area contributed by atoms with Crippen LogP contribution in [0.15, 0.2) is 23.1 Å². The highest BCUT2D eigenvalue weighted by atomic mass is 79.9. The quantitative estimate of drug-likeness (QED) is 0.712. The number of carbonyl (C=O) groups is 1. The van der Waals surface area contributed by atoms with Crippen LogP contribution in [-0.2, 0) is 0 Å². The van der Waals surface area contributed by atoms with E-state index in [9.17, 15) is 4.79 Å². The molecule has 13 heavy (non-hydrogen) atoms. The van der Waals surface area contributed by atoms with E-state index in [1.165, 1.54) is 13.1 Å². The molecule has 2 rings (SSSR count). The minimum atomic E-state index is -0.0209. The van der Waals surface area contributed by atoms with Gasteiger partial charge in [-0.2, -0.15) is 0 Å². The lowest BCUT2D eigenvalue weighted by Crippen LogP contribution is -1.98. The van der Waals surface area contributed by atoms with E-state index in [4.69, 9.17) is 0 Å². The molecule has 0 saturated carbocycles. The summed E-state index contributed by atoms with van der Waals surface area (Å²) in [5.74, 6) is 0.515. The van der Waals surface area contributed by atoms with Gasteiger partial charge in [-0.1, -0.05) is 0 Å². The lowest BCUT2D eigenvalue weighted by molar-refractivity contribution is 0.101. The normalized spacial score (nSPS) is 10.6. The average Bonchev–Trinajstić information content (AvgIpc) is 2.46. The second-order valence-corrected chi connectivity index (χ2v) is 3.56. The van der Waals surface area contributed by atoms with Crippen LogP contribution in [0, 0.1) is 0 Å². The number of imidazole rings is 1. The molecule has 0 radical (unpaired) electrons. The van der Waals surface area contributed by atoms with Crippen molar-refractivity contribution in [2.75, 3.05) is 0 Å². The molecule has 2 aromatic heterocycles. The van der Waals surface area contributed by atoms with Gasteiger partial charge < -0.3 is 0 Å². The number of hydrogen-bond acceptors (Lipinski definition) is 3. The third-order valence-electron chi connectivity index (χ3n) is 1.69. The largest absolute Gasteiger partial charge is 0.293 e. The van der Waals surface area contributed by atoms with E-state index < -0.39 is 0 Å². The van der Waals surface area contributed by atoms with Gasteiger partial charge in [-0.3, -0.25) is 9.20 Å². The summed E-state index contributed by atoms with van der Waals surface area (Å²) in [5.41, 5.74) is 0.545. The predicted octanol–water partition coefficient (Wildman–Crippen LogP) is 1.69. The van der Waals surface area contributed by atoms with E-state index in [0.717, 1.165) is 4.47 Å². The molecule has 0 fully saturated rings. The molecule has 0 aliphatic heterocycles. The number of aromatic nitrogens is 3. The van der Waals surface area contributed by atoms with Crippen molar-refractivity contribution >= 4 is 27.5 Å². The van der Waals surface area contributed by atoms with Gasteiger partial charge in [0.15, 0.2) is 5.78 Å². The fourth-order valence-corrected chi connectivity index (χ4v) is 1.42. The SMILES string of the molecule is CC(=O)c1cnc2ncc(Br)cn12. The molecule has 0 aromatic carbocycles. The Kier molecular flexibility index (Phi) is 1.88. The fraction of sp³-hybridized carbons (Fsp3) is 0.125. The van der Waals surface area contributed by atoms with Crippen molar-refractivity contribution in [3.63, 3.8) is 0 Å². The summed E-state index contributed by atoms with van der Waals surface area (Å²) >= 11 is 3.28. The summed E-state index contributed by atoms with van der Waals surface area (Å²) < 4.78 is 2.48. The zero-order chi connectivity index (χ0) is 9.42. The first-order valence-electron chi connectivity index (χ1n) is 3.68. The highest BCUT2D eigenvalue weighted by Crippen LogP contribution is 2.11. The summed E-state index contributed by atoms with van der Waals surface area (Å²) in [5, 5.41) is 0. The van der Waals surface area contributed by atoms with Crippen LogP contribution in [0.1, 0.15) is 17.4 Å². The van der Waals surface area contributed by atoms with Gasteiger partial charge in [-0.25, -0.2) is 9.97 Å². The third-order valence-corrected chi connectivity index (χ3v) is 2.10. The number of halogens is 1. The molecular formula is C8H6BrN3O. The molecular weight excluding hydrogens is 234 g/mol. The molecule has 4 nitrogen and oxygen atoms in total. The minimum absolute atomic E-state index is 0.0209. The Morgan fingerprint density at radius 3 is 2.85 bits per heavy atom. The molecule has 0 spiro atoms. The summed E-state index contributed by atoms with van der Waals surface area (Å²) in [6.07, 6.45) is 4.94. The molecule has 0 unspecified atom stereocenters. The number of Topliss-reactive ketones (excluding diaryl/α,β-unsaturated/α-hetero) is 1. The van der Waals surface area contributed by atoms with Crippen molar-refractivity contribution in [3.05, 3.63) is 28.8 Å². The van der Waals surface area contributed by atoms with Crippen molar-refractivity contribution in [1.82, 2.24) is 14.4 Å². The first-order valence-corrected chi connectivity index (χ1v) is 4.47. The maximum atomic E-state index is 11.1. The van der Waals surface area contributed by atoms with Crippen LogP contribution in [0.2, 0.25) is 0 Å². The summed E-state index contributed by atoms with van der Waals surface area (Å²) in [6, 6.07) is 0. The van der Waals surface area contributed by atoms with E-state index in [0.29, 0.717) is 11.5 Å². The third kappa shape index (κ3) is 1.35. The Balaban J connectivity index is 2.79. The van der Waals surface area contributed by atoms with Gasteiger partial charge >= 0.3 is 0 Å². The number of nitrogens with zero attached hydrogens (tertiary/aromatic N) is 3. The molecule has 0 saturated heterocycles. The first-order chi connectivity index (χ1) is 6.18. The second-order valence-electron chi connectivity index (χ2n) is 2.64. The van der Waals surface area contributed by atoms with Gasteiger partial charge in [0, 0.05) is 19.3 Å². The Labute approximate surface area is 82.7 Å². The van der Waals surface area contributed by atoms with Crippen LogP contribution in [0.4, 0.5) is 0 Å². The molecule has 0 bridgehead atoms. The van der Waals surface area contributed by atoms with Gasteiger partial charge in [0.2, 0.25) is 5.78 Å². The average molecular weight is 240 g/mol. The van der Waals surface area contributed by atoms with E-state index in [1.54, 1.807) is 16.8 Å². The Bertz CT molecular complexity index is 477. The lowest BCUT2D eigenvalue weighted by Gasteiger charge is -1.96. The Morgan fingerprint density at radius 2 is 2.15 bits per heavy atom. The van der Waals surface area contributed by atoms with Crippen LogP contribution in [0.5, 0.6) is 0 Å². The number of ketones is 1. The highest BCUT2D eigenvalue weighted by molar-refractivity contribution is 9.10. The lowest BCUT2D eigenvalue weighted by atomic mass is 10.3. The van der Waals surface area contributed by atoms with Crippen molar-refractivity contribution in [1.29, 1.82) is 0 Å². The van der Waals surface area contributed by atoms with Crippen molar-refractivity contribution in [2.24, 2.45) is 0 Å². The zero-order valence-corrected chi connectivity index (χ0v) is 8.45. The molecule has 0 atom stereocenters. The molecule has 66 valence electrons. The van der Waals surface area contributed by atoms with Gasteiger partial charge in [0.1, 0.15) is 5.69 Å². The van der Waals surface area contributed by atoms with Crippen molar-refractivity contribution in [2.45, 2.75) is 6.92 Å². The van der Waals surface area contributed by atoms with E-state index in [1.807, 2.05) is 0 Å². The molecule has 5 heteroatoms.